The number of fused-ring (bicyclic) bond motifs is 1. The zero-order chi connectivity index (χ0) is 10.3. The second-order valence-corrected chi connectivity index (χ2v) is 4.55. The first kappa shape index (κ1) is 9.31. The van der Waals surface area contributed by atoms with Crippen LogP contribution in [-0.4, -0.2) is 24.1 Å². The lowest BCUT2D eigenvalue weighted by atomic mass is 9.99. The molecule has 0 radical (unpaired) electrons. The fourth-order valence-corrected chi connectivity index (χ4v) is 1.73. The van der Waals surface area contributed by atoms with E-state index in [0.29, 0.717) is 0 Å². The summed E-state index contributed by atoms with van der Waals surface area (Å²) >= 11 is 0. The molecule has 0 saturated heterocycles. The lowest BCUT2D eigenvalue weighted by molar-refractivity contribution is 0.497. The summed E-state index contributed by atoms with van der Waals surface area (Å²) in [6, 6.07) is 2.04. The normalized spacial score (nSPS) is 18.7. The minimum atomic E-state index is 0.133. The summed E-state index contributed by atoms with van der Waals surface area (Å²) < 4.78 is 0. The van der Waals surface area contributed by atoms with Crippen LogP contribution in [0.4, 0.5) is 11.5 Å². The Morgan fingerprint density at radius 2 is 2.21 bits per heavy atom. The summed E-state index contributed by atoms with van der Waals surface area (Å²) in [5.41, 5.74) is 2.57. The maximum absolute atomic E-state index is 4.42. The van der Waals surface area contributed by atoms with Gasteiger partial charge in [-0.05, 0) is 32.4 Å². The van der Waals surface area contributed by atoms with Crippen molar-refractivity contribution >= 4 is 11.5 Å². The predicted molar refractivity (Wildman–Crippen MR) is 59.9 cm³/mol. The number of pyridine rings is 1. The van der Waals surface area contributed by atoms with E-state index in [1.165, 1.54) is 11.3 Å². The Kier molecular flexibility index (Phi) is 1.91. The molecule has 0 saturated carbocycles. The average molecular weight is 191 g/mol. The van der Waals surface area contributed by atoms with Gasteiger partial charge >= 0.3 is 0 Å². The average Bonchev–Trinajstić information content (AvgIpc) is 2.13. The second-order valence-electron chi connectivity index (χ2n) is 4.55. The van der Waals surface area contributed by atoms with Crippen molar-refractivity contribution < 1.29 is 0 Å². The summed E-state index contributed by atoms with van der Waals surface area (Å²) in [4.78, 5) is 6.66. The Balaban J connectivity index is 2.51. The second kappa shape index (κ2) is 2.87. The van der Waals surface area contributed by atoms with Crippen LogP contribution in [0.5, 0.6) is 0 Å². The molecular formula is C11H17N3. The molecular weight excluding hydrogens is 174 g/mol. The van der Waals surface area contributed by atoms with Gasteiger partial charge in [0.05, 0.1) is 11.2 Å². The minimum Gasteiger partial charge on any atom is -0.380 e. The van der Waals surface area contributed by atoms with Gasteiger partial charge in [0.25, 0.3) is 0 Å². The lowest BCUT2D eigenvalue weighted by Gasteiger charge is -2.42. The maximum Gasteiger partial charge on any atom is 0.152 e. The van der Waals surface area contributed by atoms with Crippen LogP contribution in [-0.2, 0) is 0 Å². The number of nitrogens with one attached hydrogen (secondary N) is 1. The Labute approximate surface area is 85.1 Å². The zero-order valence-corrected chi connectivity index (χ0v) is 9.26. The molecule has 0 atom stereocenters. The summed E-state index contributed by atoms with van der Waals surface area (Å²) in [6.07, 6.45) is 1.87. The topological polar surface area (TPSA) is 28.2 Å². The van der Waals surface area contributed by atoms with Crippen LogP contribution in [0.2, 0.25) is 0 Å². The largest absolute Gasteiger partial charge is 0.380 e. The molecule has 1 aromatic heterocycles. The van der Waals surface area contributed by atoms with Gasteiger partial charge in [-0.2, -0.15) is 0 Å². The number of anilines is 2. The van der Waals surface area contributed by atoms with E-state index < -0.39 is 0 Å². The van der Waals surface area contributed by atoms with Gasteiger partial charge < -0.3 is 10.2 Å². The lowest BCUT2D eigenvalue weighted by Crippen LogP contribution is -2.50. The number of hydrogen-bond acceptors (Lipinski definition) is 3. The van der Waals surface area contributed by atoms with Crippen LogP contribution >= 0.6 is 0 Å². The van der Waals surface area contributed by atoms with Gasteiger partial charge in [0.1, 0.15) is 0 Å². The van der Waals surface area contributed by atoms with E-state index in [2.05, 4.69) is 43.0 Å². The molecule has 0 spiro atoms. The van der Waals surface area contributed by atoms with Gasteiger partial charge in [0.15, 0.2) is 5.82 Å². The number of likely N-dealkylation sites (N-methyl/N-ethyl adjacent to an activating group) is 1. The first-order valence-corrected chi connectivity index (χ1v) is 4.96. The van der Waals surface area contributed by atoms with E-state index in [0.717, 1.165) is 12.4 Å². The summed E-state index contributed by atoms with van der Waals surface area (Å²) in [5.74, 6) is 1.06. The van der Waals surface area contributed by atoms with Gasteiger partial charge in [-0.1, -0.05) is 0 Å². The van der Waals surface area contributed by atoms with Gasteiger partial charge in [-0.25, -0.2) is 4.98 Å². The Hall–Kier alpha value is -1.25. The summed E-state index contributed by atoms with van der Waals surface area (Å²) in [6.45, 7) is 7.50. The van der Waals surface area contributed by atoms with Gasteiger partial charge in [0.2, 0.25) is 0 Å². The molecule has 3 nitrogen and oxygen atoms in total. The number of aromatic nitrogens is 1. The van der Waals surface area contributed by atoms with Crippen LogP contribution in [0.25, 0.3) is 0 Å². The Bertz CT molecular complexity index is 358. The number of rotatable bonds is 0. The quantitative estimate of drug-likeness (QED) is 0.680. The van der Waals surface area contributed by atoms with Crippen molar-refractivity contribution in [2.75, 3.05) is 23.8 Å². The molecule has 0 aliphatic carbocycles. The molecule has 2 rings (SSSR count). The van der Waals surface area contributed by atoms with Crippen molar-refractivity contribution in [2.45, 2.75) is 26.3 Å². The third-order valence-corrected chi connectivity index (χ3v) is 3.06. The van der Waals surface area contributed by atoms with E-state index in [-0.39, 0.29) is 5.54 Å². The molecule has 14 heavy (non-hydrogen) atoms. The molecule has 0 aromatic carbocycles. The van der Waals surface area contributed by atoms with Crippen molar-refractivity contribution in [3.63, 3.8) is 0 Å². The van der Waals surface area contributed by atoms with E-state index in [4.69, 9.17) is 0 Å². The van der Waals surface area contributed by atoms with Crippen molar-refractivity contribution in [1.29, 1.82) is 0 Å². The molecule has 76 valence electrons. The predicted octanol–water partition coefficient (Wildman–Crippen LogP) is 2.03. The summed E-state index contributed by atoms with van der Waals surface area (Å²) in [5, 5.41) is 3.45. The highest BCUT2D eigenvalue weighted by Crippen LogP contribution is 2.34. The molecule has 1 aliphatic heterocycles. The standard InChI is InChI=1S/C11H17N3/c1-8-5-6-12-10-9(8)13-7-11(2,3)14(10)4/h5-6,13H,7H2,1-4H3. The number of nitrogens with zero attached hydrogens (tertiary/aromatic N) is 2. The van der Waals surface area contributed by atoms with E-state index in [1.54, 1.807) is 0 Å². The fourth-order valence-electron chi connectivity index (χ4n) is 1.73. The molecule has 1 N–H and O–H groups in total. The third kappa shape index (κ3) is 1.24. The van der Waals surface area contributed by atoms with Crippen LogP contribution < -0.4 is 10.2 Å². The smallest absolute Gasteiger partial charge is 0.152 e. The van der Waals surface area contributed by atoms with Gasteiger partial charge in [0, 0.05) is 19.8 Å². The molecule has 0 amide bonds. The maximum atomic E-state index is 4.42. The number of aryl methyl sites for hydroxylation is 1. The van der Waals surface area contributed by atoms with Crippen LogP contribution in [0.3, 0.4) is 0 Å². The summed E-state index contributed by atoms with van der Waals surface area (Å²) in [7, 11) is 2.10. The molecule has 3 heteroatoms. The van der Waals surface area contributed by atoms with Crippen molar-refractivity contribution in [2.24, 2.45) is 0 Å². The molecule has 1 aliphatic rings. The zero-order valence-electron chi connectivity index (χ0n) is 9.26. The first-order chi connectivity index (χ1) is 6.52. The molecule has 0 unspecified atom stereocenters. The minimum absolute atomic E-state index is 0.133. The number of hydrogen-bond donors (Lipinski definition) is 1. The van der Waals surface area contributed by atoms with E-state index in [1.807, 2.05) is 12.3 Å². The van der Waals surface area contributed by atoms with E-state index >= 15 is 0 Å². The highest BCUT2D eigenvalue weighted by molar-refractivity contribution is 5.72. The highest BCUT2D eigenvalue weighted by Gasteiger charge is 2.31. The van der Waals surface area contributed by atoms with Crippen LogP contribution in [0.1, 0.15) is 19.4 Å². The van der Waals surface area contributed by atoms with Crippen LogP contribution in [0.15, 0.2) is 12.3 Å². The fraction of sp³-hybridized carbons (Fsp3) is 0.545. The molecule has 2 heterocycles. The first-order valence-electron chi connectivity index (χ1n) is 4.96. The highest BCUT2D eigenvalue weighted by atomic mass is 15.3. The van der Waals surface area contributed by atoms with E-state index in [9.17, 15) is 0 Å². The molecule has 0 bridgehead atoms. The molecule has 0 fully saturated rings. The van der Waals surface area contributed by atoms with Crippen molar-refractivity contribution in [1.82, 2.24) is 4.98 Å². The van der Waals surface area contributed by atoms with Gasteiger partial charge in [-0.3, -0.25) is 0 Å². The third-order valence-electron chi connectivity index (χ3n) is 3.06. The van der Waals surface area contributed by atoms with Crippen molar-refractivity contribution in [3.05, 3.63) is 17.8 Å². The molecule has 1 aromatic rings. The SMILES string of the molecule is Cc1ccnc2c1NCC(C)(C)N2C. The van der Waals surface area contributed by atoms with Crippen LogP contribution in [0, 0.1) is 6.92 Å². The van der Waals surface area contributed by atoms with Gasteiger partial charge in [-0.15, -0.1) is 0 Å². The Morgan fingerprint density at radius 1 is 1.50 bits per heavy atom. The monoisotopic (exact) mass is 191 g/mol. The van der Waals surface area contributed by atoms with Crippen molar-refractivity contribution in [3.8, 4) is 0 Å². The Morgan fingerprint density at radius 3 is 2.93 bits per heavy atom.